The minimum atomic E-state index is -0.195. The van der Waals surface area contributed by atoms with Crippen LogP contribution in [0.4, 0.5) is 10.5 Å². The molecule has 1 aromatic carbocycles. The number of amides is 3. The number of nitrogens with one attached hydrogen (secondary N) is 2. The lowest BCUT2D eigenvalue weighted by Gasteiger charge is -2.28. The summed E-state index contributed by atoms with van der Waals surface area (Å²) in [7, 11) is 3.43. The maximum Gasteiger partial charge on any atom is 0.319 e. The molecule has 3 rings (SSSR count). The van der Waals surface area contributed by atoms with Crippen LogP contribution in [0.5, 0.6) is 0 Å². The van der Waals surface area contributed by atoms with E-state index in [2.05, 4.69) is 17.6 Å². The fraction of sp³-hybridized carbons (Fsp3) is 0.579. The molecule has 0 spiro atoms. The quantitative estimate of drug-likeness (QED) is 0.890. The van der Waals surface area contributed by atoms with Crippen molar-refractivity contribution in [2.45, 2.75) is 38.6 Å². The third-order valence-electron chi connectivity index (χ3n) is 5.57. The lowest BCUT2D eigenvalue weighted by Crippen LogP contribution is -2.42. The van der Waals surface area contributed by atoms with E-state index < -0.39 is 0 Å². The molecule has 2 bridgehead atoms. The van der Waals surface area contributed by atoms with Gasteiger partial charge in [-0.3, -0.25) is 4.79 Å². The maximum absolute atomic E-state index is 12.3. The Hall–Kier alpha value is -2.04. The number of anilines is 1. The fourth-order valence-corrected chi connectivity index (χ4v) is 4.38. The van der Waals surface area contributed by atoms with Gasteiger partial charge >= 0.3 is 6.03 Å². The first-order valence-corrected chi connectivity index (χ1v) is 8.83. The average Bonchev–Trinajstić information content (AvgIpc) is 3.17. The van der Waals surface area contributed by atoms with Crippen LogP contribution in [-0.2, 0) is 0 Å². The van der Waals surface area contributed by atoms with E-state index in [1.165, 1.54) is 30.6 Å². The Bertz CT molecular complexity index is 629. The zero-order valence-electron chi connectivity index (χ0n) is 14.7. The number of carbonyl (C=O) groups excluding carboxylic acids is 2. The number of nitrogens with zero attached hydrogens (tertiary/aromatic N) is 1. The van der Waals surface area contributed by atoms with Gasteiger partial charge in [0.05, 0.1) is 0 Å². The molecule has 0 aliphatic heterocycles. The molecule has 2 aliphatic carbocycles. The van der Waals surface area contributed by atoms with Gasteiger partial charge < -0.3 is 15.5 Å². The van der Waals surface area contributed by atoms with E-state index in [1.54, 1.807) is 38.4 Å². The lowest BCUT2D eigenvalue weighted by atomic mass is 9.84. The van der Waals surface area contributed by atoms with E-state index in [0.29, 0.717) is 17.2 Å². The molecule has 0 saturated heterocycles. The molecule has 0 heterocycles. The topological polar surface area (TPSA) is 61.4 Å². The van der Waals surface area contributed by atoms with Crippen LogP contribution < -0.4 is 10.6 Å². The highest BCUT2D eigenvalue weighted by molar-refractivity contribution is 5.96. The highest BCUT2D eigenvalue weighted by Gasteiger charge is 2.42. The Kier molecular flexibility index (Phi) is 4.78. The molecule has 0 aromatic heterocycles. The molecule has 24 heavy (non-hydrogen) atoms. The molecular formula is C19H27N3O2. The number of urea groups is 1. The van der Waals surface area contributed by atoms with Crippen LogP contribution in [0.15, 0.2) is 24.3 Å². The summed E-state index contributed by atoms with van der Waals surface area (Å²) in [5, 5.41) is 5.93. The lowest BCUT2D eigenvalue weighted by molar-refractivity contribution is 0.0827. The van der Waals surface area contributed by atoms with E-state index in [9.17, 15) is 9.59 Å². The van der Waals surface area contributed by atoms with Gasteiger partial charge in [-0.15, -0.1) is 0 Å². The van der Waals surface area contributed by atoms with E-state index in [0.717, 1.165) is 11.8 Å². The number of fused-ring (bicyclic) bond motifs is 2. The highest BCUT2D eigenvalue weighted by atomic mass is 16.2. The summed E-state index contributed by atoms with van der Waals surface area (Å²) in [5.74, 6) is 2.19. The summed E-state index contributed by atoms with van der Waals surface area (Å²) >= 11 is 0. The summed E-state index contributed by atoms with van der Waals surface area (Å²) in [6, 6.07) is 7.04. The van der Waals surface area contributed by atoms with Crippen LogP contribution in [0.1, 0.15) is 43.0 Å². The first-order valence-electron chi connectivity index (χ1n) is 8.83. The number of carbonyl (C=O) groups is 2. The zero-order valence-corrected chi connectivity index (χ0v) is 14.7. The Morgan fingerprint density at radius 2 is 2.00 bits per heavy atom. The second-order valence-electron chi connectivity index (χ2n) is 7.51. The van der Waals surface area contributed by atoms with E-state index in [-0.39, 0.29) is 18.0 Å². The zero-order chi connectivity index (χ0) is 17.3. The number of hydrogen-bond donors (Lipinski definition) is 2. The van der Waals surface area contributed by atoms with Crippen LogP contribution in [0.25, 0.3) is 0 Å². The molecule has 130 valence electrons. The summed E-state index contributed by atoms with van der Waals surface area (Å²) in [6.07, 6.45) is 5.27. The van der Waals surface area contributed by atoms with Crippen molar-refractivity contribution in [2.75, 3.05) is 19.4 Å². The van der Waals surface area contributed by atoms with Crippen LogP contribution in [-0.4, -0.2) is 37.0 Å². The van der Waals surface area contributed by atoms with Crippen molar-refractivity contribution in [1.82, 2.24) is 10.2 Å². The minimum absolute atomic E-state index is 0.0746. The van der Waals surface area contributed by atoms with Gasteiger partial charge in [0, 0.05) is 31.4 Å². The molecule has 1 aromatic rings. The summed E-state index contributed by atoms with van der Waals surface area (Å²) in [6.45, 7) is 2.11. The largest absolute Gasteiger partial charge is 0.345 e. The third kappa shape index (κ3) is 3.55. The Labute approximate surface area is 143 Å². The van der Waals surface area contributed by atoms with E-state index >= 15 is 0 Å². The average molecular weight is 329 g/mol. The van der Waals surface area contributed by atoms with Gasteiger partial charge in [0.2, 0.25) is 0 Å². The van der Waals surface area contributed by atoms with Gasteiger partial charge in [-0.25, -0.2) is 4.79 Å². The predicted octanol–water partition coefficient (Wildman–Crippen LogP) is 3.33. The molecule has 2 N–H and O–H groups in total. The van der Waals surface area contributed by atoms with Crippen molar-refractivity contribution in [3.05, 3.63) is 29.8 Å². The summed E-state index contributed by atoms with van der Waals surface area (Å²) in [5.41, 5.74) is 1.21. The number of hydrogen-bond acceptors (Lipinski definition) is 2. The monoisotopic (exact) mass is 329 g/mol. The standard InChI is InChI=1S/C19H27N3O2/c1-12(17-10-13-7-8-14(17)9-13)20-19(24)21-16-6-4-5-15(11-16)18(23)22(2)3/h4-6,11-14,17H,7-10H2,1-3H3,(H2,20,21,24)/t12-,13+,14+,17-/m0/s1. The Morgan fingerprint density at radius 1 is 1.21 bits per heavy atom. The summed E-state index contributed by atoms with van der Waals surface area (Å²) < 4.78 is 0. The SMILES string of the molecule is C[C@H](NC(=O)Nc1cccc(C(=O)N(C)C)c1)[C@@H]1C[C@@H]2CC[C@@H]1C2. The van der Waals surface area contributed by atoms with Crippen LogP contribution >= 0.6 is 0 Å². The van der Waals surface area contributed by atoms with E-state index in [1.807, 2.05) is 0 Å². The van der Waals surface area contributed by atoms with Crippen molar-refractivity contribution in [3.63, 3.8) is 0 Å². The molecule has 0 unspecified atom stereocenters. The highest BCUT2D eigenvalue weighted by Crippen LogP contribution is 2.49. The fourth-order valence-electron chi connectivity index (χ4n) is 4.38. The second kappa shape index (κ2) is 6.83. The predicted molar refractivity (Wildman–Crippen MR) is 95.0 cm³/mol. The van der Waals surface area contributed by atoms with Crippen molar-refractivity contribution in [2.24, 2.45) is 17.8 Å². The Morgan fingerprint density at radius 3 is 2.62 bits per heavy atom. The van der Waals surface area contributed by atoms with Crippen molar-refractivity contribution in [3.8, 4) is 0 Å². The smallest absolute Gasteiger partial charge is 0.319 e. The minimum Gasteiger partial charge on any atom is -0.345 e. The first-order chi connectivity index (χ1) is 11.4. The molecular weight excluding hydrogens is 302 g/mol. The van der Waals surface area contributed by atoms with Gasteiger partial charge in [0.25, 0.3) is 5.91 Å². The molecule has 2 fully saturated rings. The second-order valence-corrected chi connectivity index (χ2v) is 7.51. The van der Waals surface area contributed by atoms with Gasteiger partial charge in [-0.05, 0) is 62.1 Å². The third-order valence-corrected chi connectivity index (χ3v) is 5.57. The molecule has 3 amide bonds. The van der Waals surface area contributed by atoms with Crippen LogP contribution in [0.2, 0.25) is 0 Å². The van der Waals surface area contributed by atoms with Crippen molar-refractivity contribution in [1.29, 1.82) is 0 Å². The molecule has 2 aliphatic rings. The maximum atomic E-state index is 12.3. The number of benzene rings is 1. The van der Waals surface area contributed by atoms with Gasteiger partial charge in [0.1, 0.15) is 0 Å². The number of rotatable bonds is 4. The van der Waals surface area contributed by atoms with Gasteiger partial charge in [0.15, 0.2) is 0 Å². The summed E-state index contributed by atoms with van der Waals surface area (Å²) in [4.78, 5) is 25.8. The Balaban J connectivity index is 1.57. The molecule has 0 radical (unpaired) electrons. The molecule has 2 saturated carbocycles. The van der Waals surface area contributed by atoms with Crippen molar-refractivity contribution < 1.29 is 9.59 Å². The van der Waals surface area contributed by atoms with Crippen LogP contribution in [0.3, 0.4) is 0 Å². The normalized spacial score (nSPS) is 26.0. The van der Waals surface area contributed by atoms with Gasteiger partial charge in [-0.1, -0.05) is 12.5 Å². The molecule has 5 heteroatoms. The first kappa shape index (κ1) is 16.8. The van der Waals surface area contributed by atoms with Crippen LogP contribution in [0, 0.1) is 17.8 Å². The van der Waals surface area contributed by atoms with Gasteiger partial charge in [-0.2, -0.15) is 0 Å². The van der Waals surface area contributed by atoms with E-state index in [4.69, 9.17) is 0 Å². The van der Waals surface area contributed by atoms with Crippen molar-refractivity contribution >= 4 is 17.6 Å². The molecule has 5 nitrogen and oxygen atoms in total. The molecule has 4 atom stereocenters.